The fraction of sp³-hybridized carbons (Fsp3) is 0.800. The maximum atomic E-state index is 4.46. The first-order chi connectivity index (χ1) is 6.88. The largest absolute Gasteiger partial charge is 0.314 e. The molecule has 2 rings (SSSR count). The molecule has 1 saturated heterocycles. The van der Waals surface area contributed by atoms with Crippen molar-refractivity contribution < 1.29 is 0 Å². The van der Waals surface area contributed by atoms with Crippen LogP contribution in [-0.4, -0.2) is 27.8 Å². The zero-order chi connectivity index (χ0) is 9.80. The van der Waals surface area contributed by atoms with Gasteiger partial charge in [-0.25, -0.2) is 4.98 Å². The molecule has 0 aliphatic carbocycles. The second kappa shape index (κ2) is 4.55. The van der Waals surface area contributed by atoms with Crippen molar-refractivity contribution in [3.63, 3.8) is 0 Å². The van der Waals surface area contributed by atoms with Crippen LogP contribution in [0, 0.1) is 0 Å². The van der Waals surface area contributed by atoms with Gasteiger partial charge < -0.3 is 5.32 Å². The first kappa shape index (κ1) is 9.65. The number of H-pyrrole nitrogens is 1. The van der Waals surface area contributed by atoms with Gasteiger partial charge in [0.2, 0.25) is 0 Å². The Labute approximate surface area is 84.5 Å². The number of nitrogens with one attached hydrogen (secondary N) is 2. The Morgan fingerprint density at radius 3 is 3.14 bits per heavy atom. The van der Waals surface area contributed by atoms with Crippen LogP contribution >= 0.6 is 0 Å². The van der Waals surface area contributed by atoms with E-state index in [1.165, 1.54) is 12.8 Å². The van der Waals surface area contributed by atoms with E-state index in [1.54, 1.807) is 0 Å². The molecular weight excluding hydrogens is 176 g/mol. The van der Waals surface area contributed by atoms with Gasteiger partial charge in [-0.3, -0.25) is 5.10 Å². The lowest BCUT2D eigenvalue weighted by Crippen LogP contribution is -2.24. The third-order valence-corrected chi connectivity index (χ3v) is 2.65. The summed E-state index contributed by atoms with van der Waals surface area (Å²) in [6.07, 6.45) is 5.65. The third-order valence-electron chi connectivity index (χ3n) is 2.65. The second-order valence-electron chi connectivity index (χ2n) is 3.95. The van der Waals surface area contributed by atoms with Crippen LogP contribution in [0.1, 0.15) is 37.8 Å². The molecule has 1 aromatic heterocycles. The van der Waals surface area contributed by atoms with E-state index in [4.69, 9.17) is 0 Å². The number of aromatic amines is 1. The molecule has 4 nitrogen and oxygen atoms in total. The van der Waals surface area contributed by atoms with Gasteiger partial charge in [0.05, 0.1) is 0 Å². The molecule has 0 aromatic carbocycles. The van der Waals surface area contributed by atoms with Crippen molar-refractivity contribution in [2.24, 2.45) is 0 Å². The third kappa shape index (κ3) is 2.32. The molecule has 1 aromatic rings. The number of rotatable bonds is 4. The lowest BCUT2D eigenvalue weighted by molar-refractivity contribution is 0.586. The number of aryl methyl sites for hydroxylation is 1. The molecule has 14 heavy (non-hydrogen) atoms. The van der Waals surface area contributed by atoms with E-state index < -0.39 is 0 Å². The Bertz CT molecular complexity index is 275. The summed E-state index contributed by atoms with van der Waals surface area (Å²) in [5.74, 6) is 1.99. The van der Waals surface area contributed by atoms with Gasteiger partial charge >= 0.3 is 0 Å². The molecule has 0 amide bonds. The van der Waals surface area contributed by atoms with Crippen LogP contribution in [0.3, 0.4) is 0 Å². The lowest BCUT2D eigenvalue weighted by atomic mass is 10.1. The summed E-state index contributed by atoms with van der Waals surface area (Å²) in [5, 5.41) is 10.7. The maximum absolute atomic E-state index is 4.46. The quantitative estimate of drug-likeness (QED) is 0.753. The minimum absolute atomic E-state index is 0.609. The number of hydrogen-bond acceptors (Lipinski definition) is 3. The van der Waals surface area contributed by atoms with E-state index in [0.29, 0.717) is 6.04 Å². The van der Waals surface area contributed by atoms with Crippen LogP contribution in [0.2, 0.25) is 0 Å². The summed E-state index contributed by atoms with van der Waals surface area (Å²) in [7, 11) is 0. The molecule has 0 bridgehead atoms. The van der Waals surface area contributed by atoms with E-state index >= 15 is 0 Å². The Hall–Kier alpha value is -0.900. The van der Waals surface area contributed by atoms with Gasteiger partial charge in [0.1, 0.15) is 5.82 Å². The van der Waals surface area contributed by atoms with Gasteiger partial charge in [0, 0.05) is 18.9 Å². The highest BCUT2D eigenvalue weighted by atomic mass is 15.2. The van der Waals surface area contributed by atoms with Crippen molar-refractivity contribution in [3.8, 4) is 0 Å². The number of aromatic nitrogens is 3. The summed E-state index contributed by atoms with van der Waals surface area (Å²) in [6, 6.07) is 0.609. The lowest BCUT2D eigenvalue weighted by Gasteiger charge is -2.05. The molecular formula is C10H18N4. The van der Waals surface area contributed by atoms with Crippen LogP contribution in [0.25, 0.3) is 0 Å². The maximum Gasteiger partial charge on any atom is 0.150 e. The van der Waals surface area contributed by atoms with E-state index in [1.807, 2.05) is 0 Å². The molecule has 1 aliphatic rings. The summed E-state index contributed by atoms with van der Waals surface area (Å²) in [4.78, 5) is 4.46. The topological polar surface area (TPSA) is 53.6 Å². The van der Waals surface area contributed by atoms with Gasteiger partial charge in [-0.05, 0) is 25.8 Å². The average molecular weight is 194 g/mol. The molecule has 0 saturated carbocycles. The zero-order valence-corrected chi connectivity index (χ0v) is 8.71. The van der Waals surface area contributed by atoms with Gasteiger partial charge in [-0.2, -0.15) is 5.10 Å². The smallest absolute Gasteiger partial charge is 0.150 e. The normalized spacial score (nSPS) is 21.6. The molecule has 2 heterocycles. The van der Waals surface area contributed by atoms with Crippen molar-refractivity contribution in [2.75, 3.05) is 6.54 Å². The van der Waals surface area contributed by atoms with Crippen LogP contribution in [0.4, 0.5) is 0 Å². The molecule has 0 radical (unpaired) electrons. The monoisotopic (exact) mass is 194 g/mol. The van der Waals surface area contributed by atoms with Crippen molar-refractivity contribution in [3.05, 3.63) is 11.6 Å². The second-order valence-corrected chi connectivity index (χ2v) is 3.95. The van der Waals surface area contributed by atoms with Crippen molar-refractivity contribution in [2.45, 2.75) is 45.1 Å². The van der Waals surface area contributed by atoms with Gasteiger partial charge in [0.15, 0.2) is 5.82 Å². The standard InChI is InChI=1S/C10H18N4/c1-2-4-9-12-10(14-13-9)7-8-5-3-6-11-8/h8,11H,2-7H2,1H3,(H,12,13,14). The minimum Gasteiger partial charge on any atom is -0.314 e. The summed E-state index contributed by atoms with van der Waals surface area (Å²) in [6.45, 7) is 3.30. The first-order valence-electron chi connectivity index (χ1n) is 5.52. The Morgan fingerprint density at radius 1 is 1.50 bits per heavy atom. The molecule has 1 fully saturated rings. The molecule has 1 aliphatic heterocycles. The van der Waals surface area contributed by atoms with Crippen LogP contribution in [0.5, 0.6) is 0 Å². The van der Waals surface area contributed by atoms with Gasteiger partial charge in [-0.1, -0.05) is 6.92 Å². The Kier molecular flexibility index (Phi) is 3.14. The highest BCUT2D eigenvalue weighted by Gasteiger charge is 2.16. The number of nitrogens with zero attached hydrogens (tertiary/aromatic N) is 2. The minimum atomic E-state index is 0.609. The molecule has 78 valence electrons. The highest BCUT2D eigenvalue weighted by Crippen LogP contribution is 2.09. The fourth-order valence-electron chi connectivity index (χ4n) is 1.93. The van der Waals surface area contributed by atoms with E-state index in [0.717, 1.165) is 37.5 Å². The molecule has 0 spiro atoms. The average Bonchev–Trinajstić information content (AvgIpc) is 2.79. The van der Waals surface area contributed by atoms with E-state index in [9.17, 15) is 0 Å². The Balaban J connectivity index is 1.88. The number of hydrogen-bond donors (Lipinski definition) is 2. The van der Waals surface area contributed by atoms with Gasteiger partial charge in [-0.15, -0.1) is 0 Å². The van der Waals surface area contributed by atoms with Crippen LogP contribution in [0.15, 0.2) is 0 Å². The predicted octanol–water partition coefficient (Wildman–Crippen LogP) is 1.05. The molecule has 4 heteroatoms. The molecule has 1 unspecified atom stereocenters. The summed E-state index contributed by atoms with van der Waals surface area (Å²) < 4.78 is 0. The SMILES string of the molecule is CCCc1n[nH]c(CC2CCCN2)n1. The van der Waals surface area contributed by atoms with Crippen molar-refractivity contribution >= 4 is 0 Å². The van der Waals surface area contributed by atoms with Gasteiger partial charge in [0.25, 0.3) is 0 Å². The Morgan fingerprint density at radius 2 is 2.43 bits per heavy atom. The van der Waals surface area contributed by atoms with E-state index in [2.05, 4.69) is 27.4 Å². The summed E-state index contributed by atoms with van der Waals surface area (Å²) >= 11 is 0. The molecule has 2 N–H and O–H groups in total. The van der Waals surface area contributed by atoms with Crippen molar-refractivity contribution in [1.29, 1.82) is 0 Å². The van der Waals surface area contributed by atoms with Crippen molar-refractivity contribution in [1.82, 2.24) is 20.5 Å². The van der Waals surface area contributed by atoms with Crippen LogP contribution < -0.4 is 5.32 Å². The predicted molar refractivity (Wildman–Crippen MR) is 55.1 cm³/mol. The fourth-order valence-corrected chi connectivity index (χ4v) is 1.93. The van der Waals surface area contributed by atoms with Crippen LogP contribution in [-0.2, 0) is 12.8 Å². The highest BCUT2D eigenvalue weighted by molar-refractivity contribution is 4.94. The summed E-state index contributed by atoms with van der Waals surface area (Å²) in [5.41, 5.74) is 0. The first-order valence-corrected chi connectivity index (χ1v) is 5.52. The zero-order valence-electron chi connectivity index (χ0n) is 8.71. The van der Waals surface area contributed by atoms with E-state index in [-0.39, 0.29) is 0 Å². The molecule has 1 atom stereocenters.